The molecule has 0 bridgehead atoms. The smallest absolute Gasteiger partial charge is 0.161 e. The Morgan fingerprint density at radius 3 is 2.33 bits per heavy atom. The van der Waals surface area contributed by atoms with Crippen molar-refractivity contribution in [3.05, 3.63) is 92.4 Å². The lowest BCUT2D eigenvalue weighted by Crippen LogP contribution is -2.05. The predicted molar refractivity (Wildman–Crippen MR) is 124 cm³/mol. The lowest BCUT2D eigenvalue weighted by Gasteiger charge is -2.13. The summed E-state index contributed by atoms with van der Waals surface area (Å²) in [5, 5.41) is 6.00. The molecular weight excluding hydrogens is 443 g/mol. The standard InChI is InChI=1S/C23H21Cl3N2O2/c1-2-29-23-12-17(14-28-27-13-16-3-7-19(24)8-4-16)6-10-22(23)30-15-18-5-9-20(25)21(26)11-18/h3-12,14,27H,2,13,15H2,1H3/b28-14-. The van der Waals surface area contributed by atoms with Gasteiger partial charge >= 0.3 is 0 Å². The highest BCUT2D eigenvalue weighted by molar-refractivity contribution is 6.42. The van der Waals surface area contributed by atoms with Crippen molar-refractivity contribution in [1.82, 2.24) is 5.43 Å². The van der Waals surface area contributed by atoms with Crippen LogP contribution in [-0.4, -0.2) is 12.8 Å². The summed E-state index contributed by atoms with van der Waals surface area (Å²) in [5.74, 6) is 1.30. The van der Waals surface area contributed by atoms with Gasteiger partial charge in [-0.1, -0.05) is 53.0 Å². The molecule has 156 valence electrons. The molecule has 3 rings (SSSR count). The summed E-state index contributed by atoms with van der Waals surface area (Å²) in [6, 6.07) is 18.7. The fraction of sp³-hybridized carbons (Fsp3) is 0.174. The van der Waals surface area contributed by atoms with Crippen LogP contribution in [0.5, 0.6) is 11.5 Å². The Hall–Kier alpha value is -2.40. The normalized spacial score (nSPS) is 10.9. The van der Waals surface area contributed by atoms with Gasteiger partial charge in [0, 0.05) is 5.02 Å². The highest BCUT2D eigenvalue weighted by atomic mass is 35.5. The Bertz CT molecular complexity index is 1010. The highest BCUT2D eigenvalue weighted by Gasteiger charge is 2.07. The second-order valence-electron chi connectivity index (χ2n) is 6.40. The first kappa shape index (κ1) is 22.3. The zero-order valence-corrected chi connectivity index (χ0v) is 18.6. The van der Waals surface area contributed by atoms with Gasteiger partial charge in [0.2, 0.25) is 0 Å². The molecule has 4 nitrogen and oxygen atoms in total. The van der Waals surface area contributed by atoms with Crippen LogP contribution >= 0.6 is 34.8 Å². The van der Waals surface area contributed by atoms with E-state index < -0.39 is 0 Å². The van der Waals surface area contributed by atoms with Crippen molar-refractivity contribution < 1.29 is 9.47 Å². The highest BCUT2D eigenvalue weighted by Crippen LogP contribution is 2.30. The lowest BCUT2D eigenvalue weighted by molar-refractivity contribution is 0.269. The molecule has 3 aromatic carbocycles. The number of nitrogens with one attached hydrogen (secondary N) is 1. The Labute approximate surface area is 191 Å². The Kier molecular flexibility index (Phi) is 8.26. The van der Waals surface area contributed by atoms with Crippen molar-refractivity contribution in [3.8, 4) is 11.5 Å². The molecule has 0 saturated carbocycles. The Balaban J connectivity index is 1.61. The number of hydrogen-bond acceptors (Lipinski definition) is 4. The predicted octanol–water partition coefficient (Wildman–Crippen LogP) is 6.75. The van der Waals surface area contributed by atoms with Gasteiger partial charge in [0.15, 0.2) is 11.5 Å². The minimum atomic E-state index is 0.354. The van der Waals surface area contributed by atoms with Gasteiger partial charge in [0.1, 0.15) is 6.61 Å². The number of hydrogen-bond donors (Lipinski definition) is 1. The van der Waals surface area contributed by atoms with Gasteiger partial charge in [-0.2, -0.15) is 5.10 Å². The molecule has 0 spiro atoms. The maximum Gasteiger partial charge on any atom is 0.161 e. The average Bonchev–Trinajstić information content (AvgIpc) is 2.74. The number of benzene rings is 3. The molecular formula is C23H21Cl3N2O2. The molecule has 0 aliphatic heterocycles. The van der Waals surface area contributed by atoms with E-state index in [1.165, 1.54) is 0 Å². The van der Waals surface area contributed by atoms with Crippen molar-refractivity contribution >= 4 is 41.0 Å². The topological polar surface area (TPSA) is 42.8 Å². The van der Waals surface area contributed by atoms with Gasteiger partial charge in [-0.25, -0.2) is 0 Å². The Morgan fingerprint density at radius 1 is 0.833 bits per heavy atom. The Morgan fingerprint density at radius 2 is 1.60 bits per heavy atom. The summed E-state index contributed by atoms with van der Waals surface area (Å²) in [6.45, 7) is 3.42. The molecule has 0 radical (unpaired) electrons. The molecule has 0 heterocycles. The first-order valence-electron chi connectivity index (χ1n) is 9.39. The third-order valence-corrected chi connectivity index (χ3v) is 5.14. The molecule has 0 amide bonds. The van der Waals surface area contributed by atoms with Crippen LogP contribution in [0.3, 0.4) is 0 Å². The molecule has 0 fully saturated rings. The molecule has 30 heavy (non-hydrogen) atoms. The van der Waals surface area contributed by atoms with Gasteiger partial charge in [-0.3, -0.25) is 0 Å². The summed E-state index contributed by atoms with van der Waals surface area (Å²) in [4.78, 5) is 0. The monoisotopic (exact) mass is 462 g/mol. The second kappa shape index (κ2) is 11.1. The third-order valence-electron chi connectivity index (χ3n) is 4.15. The van der Waals surface area contributed by atoms with E-state index in [1.807, 2.05) is 55.5 Å². The summed E-state index contributed by atoms with van der Waals surface area (Å²) in [5.41, 5.74) is 5.93. The van der Waals surface area contributed by atoms with E-state index in [4.69, 9.17) is 44.3 Å². The van der Waals surface area contributed by atoms with Crippen molar-refractivity contribution in [2.45, 2.75) is 20.1 Å². The van der Waals surface area contributed by atoms with E-state index in [0.29, 0.717) is 46.3 Å². The van der Waals surface area contributed by atoms with Crippen LogP contribution < -0.4 is 14.9 Å². The van der Waals surface area contributed by atoms with Gasteiger partial charge in [0.25, 0.3) is 0 Å². The van der Waals surface area contributed by atoms with Crippen LogP contribution in [0, 0.1) is 0 Å². The van der Waals surface area contributed by atoms with Crippen LogP contribution in [-0.2, 0) is 13.2 Å². The van der Waals surface area contributed by atoms with Crippen molar-refractivity contribution in [1.29, 1.82) is 0 Å². The van der Waals surface area contributed by atoms with Gasteiger partial charge in [-0.15, -0.1) is 0 Å². The van der Waals surface area contributed by atoms with E-state index in [9.17, 15) is 0 Å². The maximum absolute atomic E-state index is 6.07. The van der Waals surface area contributed by atoms with E-state index >= 15 is 0 Å². The number of hydrazone groups is 1. The molecule has 0 atom stereocenters. The fourth-order valence-corrected chi connectivity index (χ4v) is 3.09. The molecule has 7 heteroatoms. The summed E-state index contributed by atoms with van der Waals surface area (Å²) in [6.07, 6.45) is 1.74. The number of ether oxygens (including phenoxy) is 2. The van der Waals surface area contributed by atoms with E-state index in [2.05, 4.69) is 10.5 Å². The molecule has 1 N–H and O–H groups in total. The molecule has 0 aliphatic carbocycles. The minimum Gasteiger partial charge on any atom is -0.490 e. The average molecular weight is 464 g/mol. The van der Waals surface area contributed by atoms with E-state index in [-0.39, 0.29) is 0 Å². The molecule has 0 aromatic heterocycles. The first-order valence-corrected chi connectivity index (χ1v) is 10.5. The molecule has 0 unspecified atom stereocenters. The van der Waals surface area contributed by atoms with Gasteiger partial charge in [-0.05, 0) is 66.1 Å². The second-order valence-corrected chi connectivity index (χ2v) is 7.65. The minimum absolute atomic E-state index is 0.354. The first-order chi connectivity index (χ1) is 14.5. The SMILES string of the molecule is CCOc1cc(/C=N\NCc2ccc(Cl)cc2)ccc1OCc1ccc(Cl)c(Cl)c1. The largest absolute Gasteiger partial charge is 0.490 e. The quantitative estimate of drug-likeness (QED) is 0.282. The van der Waals surface area contributed by atoms with Crippen molar-refractivity contribution in [2.75, 3.05) is 6.61 Å². The molecule has 0 aliphatic rings. The van der Waals surface area contributed by atoms with Crippen LogP contribution in [0.2, 0.25) is 15.1 Å². The van der Waals surface area contributed by atoms with Crippen LogP contribution in [0.4, 0.5) is 0 Å². The molecule has 3 aromatic rings. The fourth-order valence-electron chi connectivity index (χ4n) is 2.64. The number of rotatable bonds is 9. The third kappa shape index (κ3) is 6.56. The zero-order chi connectivity index (χ0) is 21.3. The van der Waals surface area contributed by atoms with E-state index in [1.54, 1.807) is 18.3 Å². The van der Waals surface area contributed by atoms with Gasteiger partial charge in [0.05, 0.1) is 29.4 Å². The summed E-state index contributed by atoms with van der Waals surface area (Å²) < 4.78 is 11.7. The summed E-state index contributed by atoms with van der Waals surface area (Å²) in [7, 11) is 0. The molecule has 0 saturated heterocycles. The van der Waals surface area contributed by atoms with Crippen molar-refractivity contribution in [2.24, 2.45) is 5.10 Å². The maximum atomic E-state index is 6.07. The van der Waals surface area contributed by atoms with Crippen molar-refractivity contribution in [3.63, 3.8) is 0 Å². The van der Waals surface area contributed by atoms with Crippen LogP contribution in [0.15, 0.2) is 65.8 Å². The van der Waals surface area contributed by atoms with Crippen LogP contribution in [0.25, 0.3) is 0 Å². The lowest BCUT2D eigenvalue weighted by atomic mass is 10.2. The summed E-state index contributed by atoms with van der Waals surface area (Å²) >= 11 is 17.9. The van der Waals surface area contributed by atoms with Crippen LogP contribution in [0.1, 0.15) is 23.6 Å². The number of halogens is 3. The number of nitrogens with zero attached hydrogens (tertiary/aromatic N) is 1. The van der Waals surface area contributed by atoms with Gasteiger partial charge < -0.3 is 14.9 Å². The zero-order valence-electron chi connectivity index (χ0n) is 16.4. The van der Waals surface area contributed by atoms with E-state index in [0.717, 1.165) is 16.7 Å².